The average Bonchev–Trinajstić information content (AvgIpc) is 3.30. The third kappa shape index (κ3) is 3.20. The smallest absolute Gasteiger partial charge is 0.347 e. The van der Waals surface area contributed by atoms with E-state index >= 15 is 0 Å². The van der Waals surface area contributed by atoms with Gasteiger partial charge in [0.2, 0.25) is 5.91 Å². The molecule has 2 aromatic heterocycles. The molecule has 0 atom stereocenters. The molecule has 0 spiro atoms. The van der Waals surface area contributed by atoms with Crippen molar-refractivity contribution in [2.45, 2.75) is 25.2 Å². The number of hydrogen-bond acceptors (Lipinski definition) is 5. The van der Waals surface area contributed by atoms with E-state index in [0.29, 0.717) is 19.5 Å². The fraction of sp³-hybridized carbons (Fsp3) is 0.333. The van der Waals surface area contributed by atoms with E-state index in [2.05, 4.69) is 15.2 Å². The molecule has 1 aromatic carbocycles. The summed E-state index contributed by atoms with van der Waals surface area (Å²) in [6.07, 6.45) is 3.35. The lowest BCUT2D eigenvalue weighted by Crippen LogP contribution is -2.38. The lowest BCUT2D eigenvalue weighted by Gasteiger charge is -2.31. The molecule has 1 fully saturated rings. The topological polar surface area (TPSA) is 99.2 Å². The lowest BCUT2D eigenvalue weighted by atomic mass is 9.97. The minimum atomic E-state index is -0.937. The highest BCUT2D eigenvalue weighted by Crippen LogP contribution is 2.31. The van der Waals surface area contributed by atoms with Crippen molar-refractivity contribution >= 4 is 34.1 Å². The summed E-state index contributed by atoms with van der Waals surface area (Å²) in [5, 5.41) is 18.1. The molecule has 134 valence electrons. The summed E-state index contributed by atoms with van der Waals surface area (Å²) >= 11 is 1.23. The summed E-state index contributed by atoms with van der Waals surface area (Å²) < 4.78 is 0. The summed E-state index contributed by atoms with van der Waals surface area (Å²) in [4.78, 5) is 30.0. The van der Waals surface area contributed by atoms with Gasteiger partial charge in [0.05, 0.1) is 28.8 Å². The SMILES string of the molecule is O=C(O)c1cnc(C2CCN(C(=O)Cc3[nH]nc4ccccc34)CC2)s1. The molecule has 0 radical (unpaired) electrons. The lowest BCUT2D eigenvalue weighted by molar-refractivity contribution is -0.131. The molecule has 4 rings (SSSR count). The number of hydrogen-bond donors (Lipinski definition) is 2. The maximum absolute atomic E-state index is 12.6. The van der Waals surface area contributed by atoms with Crippen LogP contribution in [0.3, 0.4) is 0 Å². The number of piperidine rings is 1. The Morgan fingerprint density at radius 2 is 2.04 bits per heavy atom. The standard InChI is InChI=1S/C18H18N4O3S/c23-16(9-14-12-3-1-2-4-13(12)20-21-14)22-7-5-11(6-8-22)17-19-10-15(26-17)18(24)25/h1-4,10-11H,5-9H2,(H,20,21)(H,24,25). The first-order valence-corrected chi connectivity index (χ1v) is 9.32. The fourth-order valence-electron chi connectivity index (χ4n) is 3.36. The maximum atomic E-state index is 12.6. The van der Waals surface area contributed by atoms with Crippen LogP contribution in [0.5, 0.6) is 0 Å². The number of amides is 1. The Kier molecular flexibility index (Phi) is 4.42. The van der Waals surface area contributed by atoms with Crippen molar-refractivity contribution in [1.82, 2.24) is 20.1 Å². The van der Waals surface area contributed by atoms with Gasteiger partial charge in [-0.25, -0.2) is 9.78 Å². The number of carboxylic acid groups (broad SMARTS) is 1. The molecule has 0 aliphatic carbocycles. The Hall–Kier alpha value is -2.74. The van der Waals surface area contributed by atoms with Crippen LogP contribution in [0, 0.1) is 0 Å². The summed E-state index contributed by atoms with van der Waals surface area (Å²) in [6, 6.07) is 7.76. The summed E-state index contributed by atoms with van der Waals surface area (Å²) in [6.45, 7) is 1.33. The number of thiazole rings is 1. The molecule has 1 aliphatic heterocycles. The Morgan fingerprint density at radius 3 is 2.77 bits per heavy atom. The van der Waals surface area contributed by atoms with Gasteiger partial charge in [-0.05, 0) is 18.9 Å². The number of aromatic nitrogens is 3. The van der Waals surface area contributed by atoms with Crippen LogP contribution in [0.4, 0.5) is 0 Å². The number of nitrogens with one attached hydrogen (secondary N) is 1. The van der Waals surface area contributed by atoms with Gasteiger partial charge >= 0.3 is 5.97 Å². The van der Waals surface area contributed by atoms with E-state index in [4.69, 9.17) is 5.11 Å². The first-order valence-electron chi connectivity index (χ1n) is 8.50. The number of carbonyl (C=O) groups excluding carboxylic acids is 1. The Labute approximate surface area is 153 Å². The monoisotopic (exact) mass is 370 g/mol. The van der Waals surface area contributed by atoms with Crippen LogP contribution in [-0.2, 0) is 11.2 Å². The number of aromatic carboxylic acids is 1. The highest BCUT2D eigenvalue weighted by molar-refractivity contribution is 7.13. The predicted molar refractivity (Wildman–Crippen MR) is 97.4 cm³/mol. The number of nitrogens with zero attached hydrogens (tertiary/aromatic N) is 3. The van der Waals surface area contributed by atoms with Crippen LogP contribution in [0.25, 0.3) is 10.9 Å². The molecule has 0 bridgehead atoms. The summed E-state index contributed by atoms with van der Waals surface area (Å²) in [5.74, 6) is -0.624. The van der Waals surface area contributed by atoms with Gasteiger partial charge in [-0.2, -0.15) is 5.10 Å². The van der Waals surface area contributed by atoms with Crippen LogP contribution in [0.2, 0.25) is 0 Å². The van der Waals surface area contributed by atoms with E-state index in [1.807, 2.05) is 29.2 Å². The average molecular weight is 370 g/mol. The number of para-hydroxylation sites is 1. The van der Waals surface area contributed by atoms with Gasteiger partial charge in [-0.1, -0.05) is 18.2 Å². The molecule has 7 nitrogen and oxygen atoms in total. The van der Waals surface area contributed by atoms with E-state index in [0.717, 1.165) is 34.4 Å². The van der Waals surface area contributed by atoms with Crippen molar-refractivity contribution in [1.29, 1.82) is 0 Å². The zero-order valence-corrected chi connectivity index (χ0v) is 14.8. The van der Waals surface area contributed by atoms with Crippen molar-refractivity contribution in [3.8, 4) is 0 Å². The van der Waals surface area contributed by atoms with Crippen LogP contribution < -0.4 is 0 Å². The number of carbonyl (C=O) groups is 2. The maximum Gasteiger partial charge on any atom is 0.347 e. The third-order valence-electron chi connectivity index (χ3n) is 4.80. The van der Waals surface area contributed by atoms with Crippen LogP contribution in [-0.4, -0.2) is 50.2 Å². The Balaban J connectivity index is 1.38. The zero-order valence-electron chi connectivity index (χ0n) is 14.0. The van der Waals surface area contributed by atoms with Gasteiger partial charge in [0.1, 0.15) is 4.88 Å². The molecule has 26 heavy (non-hydrogen) atoms. The second-order valence-corrected chi connectivity index (χ2v) is 7.48. The van der Waals surface area contributed by atoms with Gasteiger partial charge in [-0.15, -0.1) is 11.3 Å². The molecule has 3 heterocycles. The fourth-order valence-corrected chi connectivity index (χ4v) is 4.29. The van der Waals surface area contributed by atoms with Crippen LogP contribution >= 0.6 is 11.3 Å². The van der Waals surface area contributed by atoms with Crippen molar-refractivity contribution in [3.05, 3.63) is 46.0 Å². The molecular weight excluding hydrogens is 352 g/mol. The minimum Gasteiger partial charge on any atom is -0.477 e. The van der Waals surface area contributed by atoms with Gasteiger partial charge in [0.15, 0.2) is 0 Å². The molecule has 1 saturated heterocycles. The van der Waals surface area contributed by atoms with Crippen LogP contribution in [0.1, 0.15) is 39.1 Å². The van der Waals surface area contributed by atoms with Gasteiger partial charge in [0, 0.05) is 24.4 Å². The molecule has 1 aliphatic rings. The molecule has 0 unspecified atom stereocenters. The first kappa shape index (κ1) is 16.7. The number of benzene rings is 1. The molecule has 2 N–H and O–H groups in total. The molecule has 1 amide bonds. The van der Waals surface area contributed by atoms with Crippen molar-refractivity contribution in [2.24, 2.45) is 0 Å². The van der Waals surface area contributed by atoms with Crippen molar-refractivity contribution in [2.75, 3.05) is 13.1 Å². The molecule has 8 heteroatoms. The predicted octanol–water partition coefficient (Wildman–Crippen LogP) is 2.67. The number of H-pyrrole nitrogens is 1. The Morgan fingerprint density at radius 1 is 1.27 bits per heavy atom. The first-order chi connectivity index (χ1) is 12.6. The second kappa shape index (κ2) is 6.87. The highest BCUT2D eigenvalue weighted by Gasteiger charge is 2.26. The van der Waals surface area contributed by atoms with E-state index < -0.39 is 5.97 Å². The van der Waals surface area contributed by atoms with Crippen molar-refractivity contribution in [3.63, 3.8) is 0 Å². The summed E-state index contributed by atoms with van der Waals surface area (Å²) in [5.41, 5.74) is 1.71. The van der Waals surface area contributed by atoms with Crippen LogP contribution in [0.15, 0.2) is 30.5 Å². The van der Waals surface area contributed by atoms with E-state index in [1.165, 1.54) is 17.5 Å². The molecule has 3 aromatic rings. The molecular formula is C18H18N4O3S. The third-order valence-corrected chi connectivity index (χ3v) is 5.95. The van der Waals surface area contributed by atoms with E-state index in [9.17, 15) is 9.59 Å². The number of carboxylic acids is 1. The number of aromatic amines is 1. The van der Waals surface area contributed by atoms with Gasteiger partial charge in [-0.3, -0.25) is 9.89 Å². The largest absolute Gasteiger partial charge is 0.477 e. The second-order valence-electron chi connectivity index (χ2n) is 6.42. The zero-order chi connectivity index (χ0) is 18.1. The quantitative estimate of drug-likeness (QED) is 0.736. The molecule has 0 saturated carbocycles. The van der Waals surface area contributed by atoms with E-state index in [-0.39, 0.29) is 16.7 Å². The minimum absolute atomic E-state index is 0.0863. The number of rotatable bonds is 4. The number of likely N-dealkylation sites (tertiary alicyclic amines) is 1. The van der Waals surface area contributed by atoms with Gasteiger partial charge < -0.3 is 10.0 Å². The highest BCUT2D eigenvalue weighted by atomic mass is 32.1. The normalized spacial score (nSPS) is 15.5. The number of fused-ring (bicyclic) bond motifs is 1. The Bertz CT molecular complexity index is 956. The van der Waals surface area contributed by atoms with Crippen molar-refractivity contribution < 1.29 is 14.7 Å². The van der Waals surface area contributed by atoms with E-state index in [1.54, 1.807) is 0 Å². The van der Waals surface area contributed by atoms with Gasteiger partial charge in [0.25, 0.3) is 0 Å². The summed E-state index contributed by atoms with van der Waals surface area (Å²) in [7, 11) is 0.